The molecule has 0 saturated heterocycles. The molecule has 1 unspecified atom stereocenters. The Bertz CT molecular complexity index is 540. The summed E-state index contributed by atoms with van der Waals surface area (Å²) in [6.07, 6.45) is 5.75. The van der Waals surface area contributed by atoms with Gasteiger partial charge < -0.3 is 5.32 Å². The monoisotopic (exact) mass is 288 g/mol. The number of hydrogen-bond acceptors (Lipinski definition) is 2. The van der Waals surface area contributed by atoms with Crippen LogP contribution in [0.1, 0.15) is 36.1 Å². The molecule has 3 heteroatoms. The molecular formula is C17H21ClN2. The summed E-state index contributed by atoms with van der Waals surface area (Å²) < 4.78 is 0. The van der Waals surface area contributed by atoms with Crippen molar-refractivity contribution in [3.05, 3.63) is 64.4 Å². The third kappa shape index (κ3) is 4.06. The maximum atomic E-state index is 6.16. The van der Waals surface area contributed by atoms with Crippen molar-refractivity contribution >= 4 is 11.6 Å². The van der Waals surface area contributed by atoms with Crippen LogP contribution in [0.5, 0.6) is 0 Å². The first-order valence-electron chi connectivity index (χ1n) is 7.09. The smallest absolute Gasteiger partial charge is 0.0409 e. The number of benzene rings is 1. The molecule has 0 amide bonds. The Morgan fingerprint density at radius 3 is 2.65 bits per heavy atom. The summed E-state index contributed by atoms with van der Waals surface area (Å²) in [7, 11) is 0. The molecule has 1 atom stereocenters. The van der Waals surface area contributed by atoms with E-state index in [9.17, 15) is 0 Å². The van der Waals surface area contributed by atoms with Crippen LogP contribution in [0.3, 0.4) is 0 Å². The van der Waals surface area contributed by atoms with Gasteiger partial charge in [0.2, 0.25) is 0 Å². The first-order chi connectivity index (χ1) is 9.70. The highest BCUT2D eigenvalue weighted by Crippen LogP contribution is 2.25. The number of halogens is 1. The van der Waals surface area contributed by atoms with Gasteiger partial charge in [-0.05, 0) is 67.3 Å². The second-order valence-corrected chi connectivity index (χ2v) is 5.50. The predicted octanol–water partition coefficient (Wildman–Crippen LogP) is 4.33. The molecule has 0 saturated carbocycles. The third-order valence-corrected chi connectivity index (χ3v) is 3.68. The van der Waals surface area contributed by atoms with E-state index in [1.54, 1.807) is 0 Å². The summed E-state index contributed by atoms with van der Waals surface area (Å²) in [5.74, 6) is 0. The first kappa shape index (κ1) is 15.0. The number of hydrogen-bond donors (Lipinski definition) is 1. The molecule has 1 heterocycles. The van der Waals surface area contributed by atoms with E-state index in [1.807, 2.05) is 18.5 Å². The molecule has 0 spiro atoms. The van der Waals surface area contributed by atoms with Gasteiger partial charge >= 0.3 is 0 Å². The Morgan fingerprint density at radius 1 is 1.20 bits per heavy atom. The van der Waals surface area contributed by atoms with Crippen molar-refractivity contribution in [2.24, 2.45) is 0 Å². The highest BCUT2D eigenvalue weighted by atomic mass is 35.5. The van der Waals surface area contributed by atoms with Crippen LogP contribution in [-0.2, 0) is 6.42 Å². The fraction of sp³-hybridized carbons (Fsp3) is 0.353. The SMILES string of the molecule is CCCNC(Cc1ccncc1)c1cc(Cl)ccc1C. The van der Waals surface area contributed by atoms with Gasteiger partial charge in [0, 0.05) is 23.5 Å². The van der Waals surface area contributed by atoms with Crippen LogP contribution in [0.25, 0.3) is 0 Å². The fourth-order valence-corrected chi connectivity index (χ4v) is 2.53. The van der Waals surface area contributed by atoms with E-state index in [2.05, 4.69) is 48.4 Å². The van der Waals surface area contributed by atoms with E-state index in [0.717, 1.165) is 24.4 Å². The maximum absolute atomic E-state index is 6.16. The van der Waals surface area contributed by atoms with Crippen LogP contribution >= 0.6 is 11.6 Å². The van der Waals surface area contributed by atoms with Crippen molar-refractivity contribution in [3.63, 3.8) is 0 Å². The van der Waals surface area contributed by atoms with Crippen LogP contribution in [0, 0.1) is 6.92 Å². The number of aryl methyl sites for hydroxylation is 1. The fourth-order valence-electron chi connectivity index (χ4n) is 2.35. The molecule has 1 aromatic carbocycles. The number of rotatable bonds is 6. The van der Waals surface area contributed by atoms with Gasteiger partial charge in [0.1, 0.15) is 0 Å². The predicted molar refractivity (Wildman–Crippen MR) is 85.2 cm³/mol. The van der Waals surface area contributed by atoms with Crippen molar-refractivity contribution in [1.82, 2.24) is 10.3 Å². The standard InChI is InChI=1S/C17H21ClN2/c1-3-8-20-17(11-14-6-9-19-10-7-14)16-12-15(18)5-4-13(16)2/h4-7,9-10,12,17,20H,3,8,11H2,1-2H3. The normalized spacial score (nSPS) is 12.3. The number of nitrogens with one attached hydrogen (secondary N) is 1. The van der Waals surface area contributed by atoms with Crippen molar-refractivity contribution < 1.29 is 0 Å². The molecule has 2 nitrogen and oxygen atoms in total. The van der Waals surface area contributed by atoms with E-state index in [-0.39, 0.29) is 6.04 Å². The second-order valence-electron chi connectivity index (χ2n) is 5.07. The summed E-state index contributed by atoms with van der Waals surface area (Å²) in [6, 6.07) is 10.5. The highest BCUT2D eigenvalue weighted by molar-refractivity contribution is 6.30. The van der Waals surface area contributed by atoms with Gasteiger partial charge in [0.25, 0.3) is 0 Å². The van der Waals surface area contributed by atoms with Crippen molar-refractivity contribution in [3.8, 4) is 0 Å². The molecule has 0 aliphatic carbocycles. The van der Waals surface area contributed by atoms with Crippen LogP contribution in [0.15, 0.2) is 42.7 Å². The molecular weight excluding hydrogens is 268 g/mol. The molecule has 106 valence electrons. The summed E-state index contributed by atoms with van der Waals surface area (Å²) in [4.78, 5) is 4.08. The average molecular weight is 289 g/mol. The van der Waals surface area contributed by atoms with Gasteiger partial charge in [-0.3, -0.25) is 4.98 Å². The van der Waals surface area contributed by atoms with Crippen molar-refractivity contribution in [1.29, 1.82) is 0 Å². The molecule has 2 rings (SSSR count). The van der Waals surface area contributed by atoms with Crippen molar-refractivity contribution in [2.45, 2.75) is 32.7 Å². The summed E-state index contributed by atoms with van der Waals surface area (Å²) in [6.45, 7) is 5.32. The maximum Gasteiger partial charge on any atom is 0.0409 e. The molecule has 1 N–H and O–H groups in total. The molecule has 2 aromatic rings. The third-order valence-electron chi connectivity index (χ3n) is 3.45. The minimum absolute atomic E-state index is 0.288. The number of pyridine rings is 1. The zero-order chi connectivity index (χ0) is 14.4. The summed E-state index contributed by atoms with van der Waals surface area (Å²) in [5, 5.41) is 4.42. The van der Waals surface area contributed by atoms with E-state index in [1.165, 1.54) is 16.7 Å². The Morgan fingerprint density at radius 2 is 1.95 bits per heavy atom. The van der Waals surface area contributed by atoms with Crippen LogP contribution < -0.4 is 5.32 Å². The van der Waals surface area contributed by atoms with Gasteiger partial charge in [-0.2, -0.15) is 0 Å². The minimum Gasteiger partial charge on any atom is -0.310 e. The van der Waals surface area contributed by atoms with E-state index >= 15 is 0 Å². The first-order valence-corrected chi connectivity index (χ1v) is 7.47. The Hall–Kier alpha value is -1.38. The van der Waals surface area contributed by atoms with E-state index in [4.69, 9.17) is 11.6 Å². The lowest BCUT2D eigenvalue weighted by Gasteiger charge is -2.21. The van der Waals surface area contributed by atoms with Crippen LogP contribution in [-0.4, -0.2) is 11.5 Å². The van der Waals surface area contributed by atoms with Gasteiger partial charge in [-0.25, -0.2) is 0 Å². The van der Waals surface area contributed by atoms with Crippen molar-refractivity contribution in [2.75, 3.05) is 6.54 Å². The molecule has 0 aliphatic rings. The topological polar surface area (TPSA) is 24.9 Å². The van der Waals surface area contributed by atoms with Gasteiger partial charge in [0.05, 0.1) is 0 Å². The largest absolute Gasteiger partial charge is 0.310 e. The zero-order valence-corrected chi connectivity index (χ0v) is 12.8. The number of nitrogens with zero attached hydrogens (tertiary/aromatic N) is 1. The Labute approximate surface area is 126 Å². The molecule has 1 aromatic heterocycles. The summed E-state index contributed by atoms with van der Waals surface area (Å²) in [5.41, 5.74) is 3.84. The Kier molecular flexibility index (Phi) is 5.57. The highest BCUT2D eigenvalue weighted by Gasteiger charge is 2.14. The van der Waals surface area contributed by atoms with Gasteiger partial charge in [0.15, 0.2) is 0 Å². The molecule has 0 radical (unpaired) electrons. The second kappa shape index (κ2) is 7.41. The molecule has 20 heavy (non-hydrogen) atoms. The van der Waals surface area contributed by atoms with E-state index < -0.39 is 0 Å². The minimum atomic E-state index is 0.288. The zero-order valence-electron chi connectivity index (χ0n) is 12.1. The lowest BCUT2D eigenvalue weighted by Crippen LogP contribution is -2.24. The Balaban J connectivity index is 2.24. The molecule has 0 bridgehead atoms. The van der Waals surface area contributed by atoms with Gasteiger partial charge in [-0.1, -0.05) is 24.6 Å². The molecule has 0 aliphatic heterocycles. The lowest BCUT2D eigenvalue weighted by atomic mass is 9.95. The quantitative estimate of drug-likeness (QED) is 0.856. The number of aromatic nitrogens is 1. The molecule has 0 fully saturated rings. The lowest BCUT2D eigenvalue weighted by molar-refractivity contribution is 0.527. The van der Waals surface area contributed by atoms with Gasteiger partial charge in [-0.15, -0.1) is 0 Å². The average Bonchev–Trinajstić information content (AvgIpc) is 2.47. The van der Waals surface area contributed by atoms with Crippen LogP contribution in [0.4, 0.5) is 0 Å². The van der Waals surface area contributed by atoms with E-state index in [0.29, 0.717) is 0 Å². The summed E-state index contributed by atoms with van der Waals surface area (Å²) >= 11 is 6.16. The van der Waals surface area contributed by atoms with Crippen LogP contribution in [0.2, 0.25) is 5.02 Å².